The molecular weight excluding hydrogens is 285 g/mol. The maximum Gasteiger partial charge on any atom is 0.320 e. The Kier molecular flexibility index (Phi) is 6.63. The van der Waals surface area contributed by atoms with Crippen LogP contribution in [0.5, 0.6) is 0 Å². The molecule has 1 fully saturated rings. The summed E-state index contributed by atoms with van der Waals surface area (Å²) in [4.78, 5) is 13.1. The molecule has 1 N–H and O–H groups in total. The van der Waals surface area contributed by atoms with Crippen molar-refractivity contribution in [1.29, 1.82) is 0 Å². The molecule has 19 heavy (non-hydrogen) atoms. The molecule has 5 heteroatoms. The molecule has 1 heterocycles. The molecule has 3 nitrogen and oxygen atoms in total. The molecule has 1 aliphatic rings. The summed E-state index contributed by atoms with van der Waals surface area (Å²) < 4.78 is 0. The van der Waals surface area contributed by atoms with E-state index >= 15 is 0 Å². The van der Waals surface area contributed by atoms with Gasteiger partial charge in [0.25, 0.3) is 0 Å². The lowest BCUT2D eigenvalue weighted by atomic mass is 10.1. The third kappa shape index (κ3) is 4.68. The number of aliphatic carboxylic acids is 1. The van der Waals surface area contributed by atoms with Gasteiger partial charge in [-0.1, -0.05) is 23.7 Å². The van der Waals surface area contributed by atoms with Gasteiger partial charge in [-0.3, -0.25) is 9.69 Å². The summed E-state index contributed by atoms with van der Waals surface area (Å²) in [6, 6.07) is 7.58. The molecule has 1 aromatic carbocycles. The van der Waals surface area contributed by atoms with Gasteiger partial charge in [-0.15, -0.1) is 12.4 Å². The maximum absolute atomic E-state index is 11.0. The number of halogens is 2. The van der Waals surface area contributed by atoms with Gasteiger partial charge in [-0.25, -0.2) is 0 Å². The van der Waals surface area contributed by atoms with Crippen LogP contribution in [0.4, 0.5) is 0 Å². The van der Waals surface area contributed by atoms with Crippen LogP contribution in [0.15, 0.2) is 24.3 Å². The Morgan fingerprint density at radius 3 is 2.68 bits per heavy atom. The van der Waals surface area contributed by atoms with E-state index in [1.807, 2.05) is 24.3 Å². The van der Waals surface area contributed by atoms with Crippen LogP contribution in [0, 0.1) is 0 Å². The molecule has 1 atom stereocenters. The fourth-order valence-corrected chi connectivity index (χ4v) is 2.64. The molecule has 0 aromatic heterocycles. The number of nitrogens with zero attached hydrogens (tertiary/aromatic N) is 1. The van der Waals surface area contributed by atoms with E-state index in [0.717, 1.165) is 43.8 Å². The minimum absolute atomic E-state index is 0. The van der Waals surface area contributed by atoms with Crippen LogP contribution < -0.4 is 0 Å². The minimum Gasteiger partial charge on any atom is -0.480 e. The Hall–Kier alpha value is -0.770. The molecule has 1 aliphatic heterocycles. The zero-order valence-corrected chi connectivity index (χ0v) is 12.3. The Labute approximate surface area is 125 Å². The molecule has 1 unspecified atom stereocenters. The van der Waals surface area contributed by atoms with E-state index in [4.69, 9.17) is 16.7 Å². The average Bonchev–Trinajstić information content (AvgIpc) is 2.80. The lowest BCUT2D eigenvalue weighted by Gasteiger charge is -2.20. The zero-order valence-electron chi connectivity index (χ0n) is 10.7. The number of carbonyl (C=O) groups is 1. The Morgan fingerprint density at radius 1 is 1.37 bits per heavy atom. The smallest absolute Gasteiger partial charge is 0.320 e. The van der Waals surface area contributed by atoms with Gasteiger partial charge in [-0.2, -0.15) is 0 Å². The number of benzene rings is 1. The molecule has 0 saturated carbocycles. The normalized spacial score (nSPS) is 19.1. The lowest BCUT2D eigenvalue weighted by Crippen LogP contribution is -2.36. The van der Waals surface area contributed by atoms with Gasteiger partial charge in [0.05, 0.1) is 0 Å². The highest BCUT2D eigenvalue weighted by atomic mass is 35.5. The molecule has 0 spiro atoms. The van der Waals surface area contributed by atoms with Crippen LogP contribution in [0.3, 0.4) is 0 Å². The molecule has 1 saturated heterocycles. The van der Waals surface area contributed by atoms with Crippen molar-refractivity contribution >= 4 is 30.0 Å². The molecule has 106 valence electrons. The summed E-state index contributed by atoms with van der Waals surface area (Å²) >= 11 is 5.83. The number of carboxylic acids is 1. The highest BCUT2D eigenvalue weighted by Crippen LogP contribution is 2.18. The summed E-state index contributed by atoms with van der Waals surface area (Å²) in [5.74, 6) is -0.681. The summed E-state index contributed by atoms with van der Waals surface area (Å²) in [7, 11) is 0. The second-order valence-corrected chi connectivity index (χ2v) is 5.20. The molecule has 1 aromatic rings. The molecule has 0 amide bonds. The Morgan fingerprint density at radius 2 is 2.05 bits per heavy atom. The summed E-state index contributed by atoms with van der Waals surface area (Å²) in [6.45, 7) is 1.77. The van der Waals surface area contributed by atoms with Crippen LogP contribution in [0.1, 0.15) is 24.8 Å². The number of carboxylic acid groups (broad SMARTS) is 1. The van der Waals surface area contributed by atoms with Crippen molar-refractivity contribution in [3.8, 4) is 0 Å². The monoisotopic (exact) mass is 303 g/mol. The molecule has 0 aliphatic carbocycles. The predicted octanol–water partition coefficient (Wildman–Crippen LogP) is 3.24. The van der Waals surface area contributed by atoms with Crippen molar-refractivity contribution in [3.63, 3.8) is 0 Å². The molecular formula is C14H19Cl2NO2. The van der Waals surface area contributed by atoms with E-state index in [1.54, 1.807) is 0 Å². The van der Waals surface area contributed by atoms with Crippen molar-refractivity contribution < 1.29 is 9.90 Å². The topological polar surface area (TPSA) is 40.5 Å². The fourth-order valence-electron chi connectivity index (χ4n) is 2.51. The first-order valence-electron chi connectivity index (χ1n) is 6.38. The predicted molar refractivity (Wildman–Crippen MR) is 79.3 cm³/mol. The van der Waals surface area contributed by atoms with Crippen LogP contribution in [-0.2, 0) is 11.2 Å². The number of aryl methyl sites for hydroxylation is 1. The van der Waals surface area contributed by atoms with Gasteiger partial charge < -0.3 is 5.11 Å². The maximum atomic E-state index is 11.0. The number of likely N-dealkylation sites (tertiary alicyclic amines) is 1. The SMILES string of the molecule is Cl.O=C(O)C1CCCN1CCCc1ccc(Cl)cc1. The van der Waals surface area contributed by atoms with Crippen molar-refractivity contribution in [2.75, 3.05) is 13.1 Å². The Balaban J connectivity index is 0.00000180. The van der Waals surface area contributed by atoms with Crippen LogP contribution in [0.2, 0.25) is 5.02 Å². The third-order valence-corrected chi connectivity index (χ3v) is 3.72. The average molecular weight is 304 g/mol. The highest BCUT2D eigenvalue weighted by Gasteiger charge is 2.29. The van der Waals surface area contributed by atoms with Crippen molar-refractivity contribution in [2.24, 2.45) is 0 Å². The lowest BCUT2D eigenvalue weighted by molar-refractivity contribution is -0.142. The van der Waals surface area contributed by atoms with Gasteiger partial charge in [0.1, 0.15) is 6.04 Å². The van der Waals surface area contributed by atoms with E-state index in [-0.39, 0.29) is 18.4 Å². The third-order valence-electron chi connectivity index (χ3n) is 3.47. The first kappa shape index (κ1) is 16.3. The van der Waals surface area contributed by atoms with E-state index in [2.05, 4.69) is 4.90 Å². The quantitative estimate of drug-likeness (QED) is 0.908. The molecule has 0 radical (unpaired) electrons. The van der Waals surface area contributed by atoms with Crippen LogP contribution in [-0.4, -0.2) is 35.1 Å². The molecule has 2 rings (SSSR count). The van der Waals surface area contributed by atoms with Crippen LogP contribution >= 0.6 is 24.0 Å². The summed E-state index contributed by atoms with van der Waals surface area (Å²) in [5, 5.41) is 9.83. The first-order chi connectivity index (χ1) is 8.66. The summed E-state index contributed by atoms with van der Waals surface area (Å²) in [5.41, 5.74) is 1.26. The Bertz CT molecular complexity index is 408. The van der Waals surface area contributed by atoms with Gasteiger partial charge in [0.2, 0.25) is 0 Å². The van der Waals surface area contributed by atoms with Gasteiger partial charge >= 0.3 is 5.97 Å². The second kappa shape index (κ2) is 7.73. The standard InChI is InChI=1S/C14H18ClNO2.ClH/c15-12-7-5-11(6-8-12)3-1-9-16-10-2-4-13(16)14(17)18;/h5-8,13H,1-4,9-10H2,(H,17,18);1H. The van der Waals surface area contributed by atoms with Crippen molar-refractivity contribution in [1.82, 2.24) is 4.90 Å². The van der Waals surface area contributed by atoms with Crippen molar-refractivity contribution in [2.45, 2.75) is 31.7 Å². The minimum atomic E-state index is -0.681. The molecule has 0 bridgehead atoms. The van der Waals surface area contributed by atoms with Gasteiger partial charge in [-0.05, 0) is 56.5 Å². The number of rotatable bonds is 5. The van der Waals surface area contributed by atoms with Gasteiger partial charge in [0, 0.05) is 5.02 Å². The second-order valence-electron chi connectivity index (χ2n) is 4.76. The summed E-state index contributed by atoms with van der Waals surface area (Å²) in [6.07, 6.45) is 3.75. The number of hydrogen-bond acceptors (Lipinski definition) is 2. The highest BCUT2D eigenvalue weighted by molar-refractivity contribution is 6.30. The van der Waals surface area contributed by atoms with E-state index in [0.29, 0.717) is 0 Å². The largest absolute Gasteiger partial charge is 0.480 e. The van der Waals surface area contributed by atoms with E-state index in [1.165, 1.54) is 5.56 Å². The van der Waals surface area contributed by atoms with Crippen molar-refractivity contribution in [3.05, 3.63) is 34.9 Å². The zero-order chi connectivity index (χ0) is 13.0. The van der Waals surface area contributed by atoms with Crippen LogP contribution in [0.25, 0.3) is 0 Å². The van der Waals surface area contributed by atoms with E-state index < -0.39 is 5.97 Å². The fraction of sp³-hybridized carbons (Fsp3) is 0.500. The van der Waals surface area contributed by atoms with E-state index in [9.17, 15) is 4.79 Å². The number of hydrogen-bond donors (Lipinski definition) is 1. The van der Waals surface area contributed by atoms with Gasteiger partial charge in [0.15, 0.2) is 0 Å². The first-order valence-corrected chi connectivity index (χ1v) is 6.76.